The predicted octanol–water partition coefficient (Wildman–Crippen LogP) is 3.92. The number of hydrogen-bond donors (Lipinski definition) is 1. The molecule has 0 saturated heterocycles. The highest BCUT2D eigenvalue weighted by molar-refractivity contribution is 5.26. The fraction of sp³-hybridized carbons (Fsp3) is 0.867. The summed E-state index contributed by atoms with van der Waals surface area (Å²) < 4.78 is 58.6. The topological polar surface area (TPSA) is 20.2 Å². The lowest BCUT2D eigenvalue weighted by molar-refractivity contribution is 0.0119. The van der Waals surface area contributed by atoms with Crippen LogP contribution in [0.2, 0.25) is 0 Å². The van der Waals surface area contributed by atoms with Gasteiger partial charge in [0.15, 0.2) is 0 Å². The van der Waals surface area contributed by atoms with Crippen LogP contribution in [0.4, 0.5) is 0 Å². The van der Waals surface area contributed by atoms with Gasteiger partial charge in [-0.25, -0.2) is 0 Å². The van der Waals surface area contributed by atoms with Crippen LogP contribution in [-0.4, -0.2) is 10.7 Å². The molecule has 2 aliphatic carbocycles. The summed E-state index contributed by atoms with van der Waals surface area (Å²) in [5, 5.41) is 10.4. The third-order valence-corrected chi connectivity index (χ3v) is 3.58. The van der Waals surface area contributed by atoms with Crippen molar-refractivity contribution in [3.05, 3.63) is 11.1 Å². The first-order valence-corrected chi connectivity index (χ1v) is 5.98. The number of rotatable bonds is 1. The van der Waals surface area contributed by atoms with Crippen molar-refractivity contribution in [1.29, 1.82) is 0 Å². The average molecular weight is 229 g/mol. The fourth-order valence-electron chi connectivity index (χ4n) is 2.38. The first-order chi connectivity index (χ1) is 10.0. The minimum absolute atomic E-state index is 0.0803. The molecule has 92 valence electrons. The van der Waals surface area contributed by atoms with E-state index in [1.807, 2.05) is 0 Å². The van der Waals surface area contributed by atoms with Gasteiger partial charge in [0.05, 0.1) is 5.60 Å². The molecule has 0 radical (unpaired) electrons. The van der Waals surface area contributed by atoms with Crippen LogP contribution in [0.1, 0.15) is 69.3 Å². The zero-order valence-electron chi connectivity index (χ0n) is 17.5. The summed E-state index contributed by atoms with van der Waals surface area (Å²) in [4.78, 5) is 0. The molecule has 0 saturated carbocycles. The molecule has 2 rings (SSSR count). The number of aliphatic hydroxyl groups is 1. The molecule has 2 aliphatic rings. The van der Waals surface area contributed by atoms with Crippen molar-refractivity contribution in [2.75, 3.05) is 0 Å². The van der Waals surface area contributed by atoms with E-state index in [9.17, 15) is 5.11 Å². The zero-order valence-corrected chi connectivity index (χ0v) is 10.5. The van der Waals surface area contributed by atoms with E-state index in [0.29, 0.717) is 12.8 Å². The lowest BCUT2D eigenvalue weighted by atomic mass is 9.81. The third kappa shape index (κ3) is 2.20. The second kappa shape index (κ2) is 4.18. The Morgan fingerprint density at radius 1 is 1.31 bits per heavy atom. The van der Waals surface area contributed by atoms with Gasteiger partial charge in [-0.15, -0.1) is 0 Å². The summed E-state index contributed by atoms with van der Waals surface area (Å²) in [6, 6.07) is 0. The Morgan fingerprint density at radius 3 is 2.62 bits per heavy atom. The summed E-state index contributed by atoms with van der Waals surface area (Å²) in [6.07, 6.45) is -6.27. The van der Waals surface area contributed by atoms with E-state index in [0.717, 1.165) is 0 Å². The Balaban J connectivity index is 2.80. The SMILES string of the molecule is [2H]C1([2H])C2=C([C@@H](C)CC[C@@H]1C(C)(C)O)C([2H])([2H])C([2H])([2H])[C@@]2([2H])C. The van der Waals surface area contributed by atoms with Crippen molar-refractivity contribution < 1.29 is 14.7 Å². The highest BCUT2D eigenvalue weighted by atomic mass is 16.3. The minimum atomic E-state index is -2.53. The molecule has 0 aromatic carbocycles. The molecule has 0 aliphatic heterocycles. The van der Waals surface area contributed by atoms with Crippen molar-refractivity contribution >= 4 is 0 Å². The van der Waals surface area contributed by atoms with Gasteiger partial charge in [0.2, 0.25) is 0 Å². The van der Waals surface area contributed by atoms with Crippen LogP contribution < -0.4 is 0 Å². The maximum absolute atomic E-state index is 10.4. The molecule has 3 atom stereocenters. The molecule has 1 nitrogen and oxygen atoms in total. The largest absolute Gasteiger partial charge is 0.390 e. The Labute approximate surface area is 110 Å². The van der Waals surface area contributed by atoms with E-state index in [2.05, 4.69) is 0 Å². The Bertz CT molecular complexity index is 543. The first-order valence-electron chi connectivity index (χ1n) is 9.48. The summed E-state index contributed by atoms with van der Waals surface area (Å²) in [5.41, 5.74) is -1.38. The monoisotopic (exact) mass is 229 g/mol. The molecule has 0 spiro atoms. The van der Waals surface area contributed by atoms with E-state index in [4.69, 9.17) is 9.60 Å². The summed E-state index contributed by atoms with van der Waals surface area (Å²) in [5.74, 6) is -3.22. The van der Waals surface area contributed by atoms with Gasteiger partial charge in [0, 0.05) is 9.60 Å². The van der Waals surface area contributed by atoms with Gasteiger partial charge in [0.25, 0.3) is 0 Å². The highest BCUT2D eigenvalue weighted by Crippen LogP contribution is 2.45. The maximum Gasteiger partial charge on any atom is 0.0622 e. The summed E-state index contributed by atoms with van der Waals surface area (Å²) >= 11 is 0. The van der Waals surface area contributed by atoms with E-state index in [1.165, 1.54) is 20.8 Å². The van der Waals surface area contributed by atoms with Gasteiger partial charge in [-0.3, -0.25) is 0 Å². The van der Waals surface area contributed by atoms with Crippen LogP contribution in [-0.2, 0) is 0 Å². The molecule has 0 heterocycles. The van der Waals surface area contributed by atoms with Gasteiger partial charge in [-0.2, -0.15) is 0 Å². The number of hydrogen-bond acceptors (Lipinski definition) is 1. The van der Waals surface area contributed by atoms with Gasteiger partial charge in [-0.1, -0.05) is 25.0 Å². The average Bonchev–Trinajstić information content (AvgIpc) is 2.40. The van der Waals surface area contributed by atoms with Crippen molar-refractivity contribution in [1.82, 2.24) is 0 Å². The van der Waals surface area contributed by atoms with Crippen LogP contribution in [0.3, 0.4) is 0 Å². The van der Waals surface area contributed by atoms with Crippen molar-refractivity contribution in [2.24, 2.45) is 17.7 Å². The normalized spacial score (nSPS) is 56.7. The third-order valence-electron chi connectivity index (χ3n) is 3.58. The van der Waals surface area contributed by atoms with E-state index >= 15 is 0 Å². The van der Waals surface area contributed by atoms with Crippen LogP contribution in [0.15, 0.2) is 11.1 Å². The fourth-order valence-corrected chi connectivity index (χ4v) is 2.38. The minimum Gasteiger partial charge on any atom is -0.390 e. The van der Waals surface area contributed by atoms with E-state index in [1.54, 1.807) is 6.92 Å². The molecule has 16 heavy (non-hydrogen) atoms. The lowest BCUT2D eigenvalue weighted by Crippen LogP contribution is -2.31. The second-order valence-corrected chi connectivity index (χ2v) is 5.49. The summed E-state index contributed by atoms with van der Waals surface area (Å²) in [7, 11) is 0. The zero-order chi connectivity index (χ0) is 18.2. The predicted molar refractivity (Wildman–Crippen MR) is 68.2 cm³/mol. The highest BCUT2D eigenvalue weighted by Gasteiger charge is 2.35. The molecule has 0 aromatic heterocycles. The Kier molecular flexibility index (Phi) is 1.58. The van der Waals surface area contributed by atoms with E-state index < -0.39 is 36.5 Å². The molecule has 0 amide bonds. The standard InChI is InChI=1S/C15H26O/c1-10-5-7-12(15(3,4)16)9-14-11(2)6-8-13(10)14/h10-12,16H,5-9H2,1-4H3/t10-,11+,12-/m0/s1/i6D2,8D2,9D2,11D. The summed E-state index contributed by atoms with van der Waals surface area (Å²) in [6.45, 7) is 6.05. The van der Waals surface area contributed by atoms with Crippen LogP contribution in [0, 0.1) is 17.7 Å². The maximum atomic E-state index is 10.4. The molecule has 1 heteroatoms. The molecular formula is C15H26O. The lowest BCUT2D eigenvalue weighted by Gasteiger charge is -2.30. The van der Waals surface area contributed by atoms with Gasteiger partial charge in [-0.05, 0) is 63.5 Å². The molecular weight excluding hydrogens is 196 g/mol. The second-order valence-electron chi connectivity index (χ2n) is 5.49. The van der Waals surface area contributed by atoms with Gasteiger partial charge in [0.1, 0.15) is 0 Å². The smallest absolute Gasteiger partial charge is 0.0622 e. The van der Waals surface area contributed by atoms with Gasteiger partial charge < -0.3 is 5.11 Å². The number of allylic oxidation sites excluding steroid dienone is 2. The Morgan fingerprint density at radius 2 is 2.00 bits per heavy atom. The van der Waals surface area contributed by atoms with Crippen molar-refractivity contribution in [2.45, 2.75) is 65.3 Å². The van der Waals surface area contributed by atoms with Crippen LogP contribution in [0.25, 0.3) is 0 Å². The van der Waals surface area contributed by atoms with Gasteiger partial charge >= 0.3 is 0 Å². The first kappa shape index (κ1) is 6.04. The van der Waals surface area contributed by atoms with E-state index in [-0.39, 0.29) is 17.1 Å². The van der Waals surface area contributed by atoms with Crippen molar-refractivity contribution in [3.8, 4) is 0 Å². The van der Waals surface area contributed by atoms with Crippen molar-refractivity contribution in [3.63, 3.8) is 0 Å². The molecule has 0 bridgehead atoms. The van der Waals surface area contributed by atoms with Crippen LogP contribution >= 0.6 is 0 Å². The van der Waals surface area contributed by atoms with Crippen LogP contribution in [0.5, 0.6) is 0 Å². The molecule has 0 unspecified atom stereocenters. The molecule has 1 N–H and O–H groups in total. The Hall–Kier alpha value is -0.300. The molecule has 0 fully saturated rings. The quantitative estimate of drug-likeness (QED) is 0.676. The molecule has 0 aromatic rings.